The lowest BCUT2D eigenvalue weighted by atomic mass is 10.1. The van der Waals surface area contributed by atoms with Crippen molar-refractivity contribution in [3.05, 3.63) is 23.8 Å². The molecule has 1 aromatic carbocycles. The maximum atomic E-state index is 12.0. The lowest BCUT2D eigenvalue weighted by molar-refractivity contribution is 0.0987. The van der Waals surface area contributed by atoms with Crippen LogP contribution in [0.3, 0.4) is 0 Å². The number of fused-ring (bicyclic) bond motifs is 1. The van der Waals surface area contributed by atoms with Gasteiger partial charge in [-0.2, -0.15) is 0 Å². The van der Waals surface area contributed by atoms with E-state index in [0.29, 0.717) is 50.0 Å². The molecule has 0 unspecified atom stereocenters. The van der Waals surface area contributed by atoms with E-state index < -0.39 is 0 Å². The Balaban J connectivity index is 1.96. The molecule has 19 heavy (non-hydrogen) atoms. The van der Waals surface area contributed by atoms with E-state index in [1.54, 1.807) is 25.3 Å². The van der Waals surface area contributed by atoms with Crippen LogP contribution in [0.4, 0.5) is 0 Å². The first-order valence-corrected chi connectivity index (χ1v) is 6.44. The van der Waals surface area contributed by atoms with Crippen molar-refractivity contribution in [3.8, 4) is 11.5 Å². The van der Waals surface area contributed by atoms with E-state index in [1.165, 1.54) is 0 Å². The van der Waals surface area contributed by atoms with Crippen molar-refractivity contribution < 1.29 is 19.0 Å². The van der Waals surface area contributed by atoms with Gasteiger partial charge in [-0.05, 0) is 18.2 Å². The van der Waals surface area contributed by atoms with Gasteiger partial charge in [0.25, 0.3) is 0 Å². The number of hydrogen-bond acceptors (Lipinski definition) is 5. The van der Waals surface area contributed by atoms with Gasteiger partial charge in [0, 0.05) is 25.6 Å². The third-order valence-corrected chi connectivity index (χ3v) is 2.84. The molecule has 5 heteroatoms. The standard InChI is InChI=1S/C14H19NO4/c1-17-8-5-15-10-12(16)11-3-4-13-14(9-11)19-7-2-6-18-13/h3-4,9,15H,2,5-8,10H2,1H3. The Hall–Kier alpha value is -1.59. The molecule has 1 N–H and O–H groups in total. The molecular formula is C14H19NO4. The van der Waals surface area contributed by atoms with Crippen LogP contribution in [0.2, 0.25) is 0 Å². The molecule has 0 spiro atoms. The Morgan fingerprint density at radius 3 is 2.89 bits per heavy atom. The van der Waals surface area contributed by atoms with Crippen LogP contribution in [0, 0.1) is 0 Å². The van der Waals surface area contributed by atoms with Crippen LogP contribution in [0.15, 0.2) is 18.2 Å². The summed E-state index contributed by atoms with van der Waals surface area (Å²) in [6.45, 7) is 2.82. The van der Waals surface area contributed by atoms with Crippen molar-refractivity contribution in [3.63, 3.8) is 0 Å². The normalized spacial score (nSPS) is 13.9. The largest absolute Gasteiger partial charge is 0.490 e. The number of carbonyl (C=O) groups excluding carboxylic acids is 1. The van der Waals surface area contributed by atoms with Gasteiger partial charge >= 0.3 is 0 Å². The van der Waals surface area contributed by atoms with Crippen LogP contribution in [-0.2, 0) is 4.74 Å². The van der Waals surface area contributed by atoms with Gasteiger partial charge in [-0.15, -0.1) is 0 Å². The summed E-state index contributed by atoms with van der Waals surface area (Å²) in [4.78, 5) is 12.0. The summed E-state index contributed by atoms with van der Waals surface area (Å²) in [5, 5.41) is 3.03. The highest BCUT2D eigenvalue weighted by atomic mass is 16.5. The van der Waals surface area contributed by atoms with Gasteiger partial charge in [0.1, 0.15) is 0 Å². The molecule has 0 radical (unpaired) electrons. The number of Topliss-reactive ketones (excluding diaryl/α,β-unsaturated/α-hetero) is 1. The molecule has 0 atom stereocenters. The van der Waals surface area contributed by atoms with Crippen LogP contribution >= 0.6 is 0 Å². The highest BCUT2D eigenvalue weighted by Crippen LogP contribution is 2.30. The van der Waals surface area contributed by atoms with Gasteiger partial charge in [0.15, 0.2) is 17.3 Å². The molecule has 0 saturated heterocycles. The summed E-state index contributed by atoms with van der Waals surface area (Å²) in [6.07, 6.45) is 0.858. The highest BCUT2D eigenvalue weighted by Gasteiger charge is 2.13. The summed E-state index contributed by atoms with van der Waals surface area (Å²) in [7, 11) is 1.63. The Kier molecular flexibility index (Phi) is 5.18. The summed E-state index contributed by atoms with van der Waals surface area (Å²) < 4.78 is 16.0. The van der Waals surface area contributed by atoms with E-state index in [4.69, 9.17) is 14.2 Å². The molecular weight excluding hydrogens is 246 g/mol. The van der Waals surface area contributed by atoms with Crippen molar-refractivity contribution in [2.75, 3.05) is 40.0 Å². The number of hydrogen-bond donors (Lipinski definition) is 1. The van der Waals surface area contributed by atoms with Crippen molar-refractivity contribution in [2.24, 2.45) is 0 Å². The molecule has 0 bridgehead atoms. The Bertz CT molecular complexity index is 433. The molecule has 104 valence electrons. The van der Waals surface area contributed by atoms with E-state index >= 15 is 0 Å². The van der Waals surface area contributed by atoms with Crippen molar-refractivity contribution >= 4 is 5.78 Å². The van der Waals surface area contributed by atoms with Crippen LogP contribution in [-0.4, -0.2) is 45.8 Å². The van der Waals surface area contributed by atoms with Crippen LogP contribution in [0.25, 0.3) is 0 Å². The zero-order valence-corrected chi connectivity index (χ0v) is 11.1. The number of ether oxygens (including phenoxy) is 3. The molecule has 0 amide bonds. The van der Waals surface area contributed by atoms with Crippen molar-refractivity contribution in [1.29, 1.82) is 0 Å². The topological polar surface area (TPSA) is 56.8 Å². The Morgan fingerprint density at radius 1 is 1.32 bits per heavy atom. The first kappa shape index (κ1) is 13.8. The molecule has 0 fully saturated rings. The maximum absolute atomic E-state index is 12.0. The van der Waals surface area contributed by atoms with Gasteiger partial charge in [-0.1, -0.05) is 0 Å². The second kappa shape index (κ2) is 7.11. The average molecular weight is 265 g/mol. The molecule has 1 aliphatic rings. The fourth-order valence-electron chi connectivity index (χ4n) is 1.81. The number of benzene rings is 1. The smallest absolute Gasteiger partial charge is 0.176 e. The summed E-state index contributed by atoms with van der Waals surface area (Å²) in [6, 6.07) is 5.32. The van der Waals surface area contributed by atoms with E-state index in [2.05, 4.69) is 5.32 Å². The van der Waals surface area contributed by atoms with Crippen molar-refractivity contribution in [2.45, 2.75) is 6.42 Å². The van der Waals surface area contributed by atoms with Gasteiger partial charge in [0.2, 0.25) is 0 Å². The minimum Gasteiger partial charge on any atom is -0.490 e. The summed E-state index contributed by atoms with van der Waals surface area (Å²) in [5.74, 6) is 1.40. The number of nitrogens with one attached hydrogen (secondary N) is 1. The Morgan fingerprint density at radius 2 is 2.11 bits per heavy atom. The maximum Gasteiger partial charge on any atom is 0.176 e. The van der Waals surface area contributed by atoms with E-state index in [0.717, 1.165) is 6.42 Å². The molecule has 1 aliphatic heterocycles. The fourth-order valence-corrected chi connectivity index (χ4v) is 1.81. The summed E-state index contributed by atoms with van der Waals surface area (Å²) >= 11 is 0. The predicted molar refractivity (Wildman–Crippen MR) is 71.1 cm³/mol. The molecule has 2 rings (SSSR count). The van der Waals surface area contributed by atoms with E-state index in [1.807, 2.05) is 0 Å². The molecule has 1 heterocycles. The lowest BCUT2D eigenvalue weighted by Gasteiger charge is -2.09. The number of ketones is 1. The Labute approximate surface area is 112 Å². The van der Waals surface area contributed by atoms with Crippen LogP contribution in [0.5, 0.6) is 11.5 Å². The van der Waals surface area contributed by atoms with Gasteiger partial charge in [-0.3, -0.25) is 4.79 Å². The monoisotopic (exact) mass is 265 g/mol. The second-order valence-electron chi connectivity index (χ2n) is 4.30. The quantitative estimate of drug-likeness (QED) is 0.620. The SMILES string of the molecule is COCCNCC(=O)c1ccc2c(c1)OCCCO2. The minimum atomic E-state index is 0.0340. The zero-order valence-electron chi connectivity index (χ0n) is 11.1. The molecule has 5 nitrogen and oxygen atoms in total. The average Bonchev–Trinajstić information content (AvgIpc) is 2.67. The van der Waals surface area contributed by atoms with Crippen molar-refractivity contribution in [1.82, 2.24) is 5.32 Å². The lowest BCUT2D eigenvalue weighted by Crippen LogP contribution is -2.26. The second-order valence-corrected chi connectivity index (χ2v) is 4.30. The van der Waals surface area contributed by atoms with Crippen LogP contribution < -0.4 is 14.8 Å². The zero-order chi connectivity index (χ0) is 13.5. The van der Waals surface area contributed by atoms with Crippen LogP contribution in [0.1, 0.15) is 16.8 Å². The third kappa shape index (κ3) is 3.94. The fraction of sp³-hybridized carbons (Fsp3) is 0.500. The van der Waals surface area contributed by atoms with Gasteiger partial charge in [-0.25, -0.2) is 0 Å². The third-order valence-electron chi connectivity index (χ3n) is 2.84. The van der Waals surface area contributed by atoms with E-state index in [-0.39, 0.29) is 5.78 Å². The molecule has 0 saturated carbocycles. The van der Waals surface area contributed by atoms with Gasteiger partial charge in [0.05, 0.1) is 26.4 Å². The number of methoxy groups -OCH3 is 1. The van der Waals surface area contributed by atoms with Gasteiger partial charge < -0.3 is 19.5 Å². The first-order chi connectivity index (χ1) is 9.31. The molecule has 0 aliphatic carbocycles. The molecule has 0 aromatic heterocycles. The first-order valence-electron chi connectivity index (χ1n) is 6.44. The number of rotatable bonds is 6. The minimum absolute atomic E-state index is 0.0340. The van der Waals surface area contributed by atoms with E-state index in [9.17, 15) is 4.79 Å². The molecule has 1 aromatic rings. The highest BCUT2D eigenvalue weighted by molar-refractivity contribution is 5.98. The summed E-state index contributed by atoms with van der Waals surface area (Å²) in [5.41, 5.74) is 0.633. The number of carbonyl (C=O) groups is 1. The predicted octanol–water partition coefficient (Wildman–Crippen LogP) is 1.27.